The molecule has 0 N–H and O–H groups in total. The third-order valence-electron chi connectivity index (χ3n) is 4.31. The van der Waals surface area contributed by atoms with Crippen LogP contribution in [0, 0.1) is 0 Å². The zero-order chi connectivity index (χ0) is 19.3. The van der Waals surface area contributed by atoms with Crippen LogP contribution in [0.25, 0.3) is 0 Å². The lowest BCUT2D eigenvalue weighted by Crippen LogP contribution is -2.04. The fourth-order valence-electron chi connectivity index (χ4n) is 2.74. The molecule has 0 aromatic heterocycles. The number of Topliss-reactive ketones (excluding diaryl/α,β-unsaturated/α-hetero) is 1. The molecule has 0 bridgehead atoms. The second-order valence-electron chi connectivity index (χ2n) is 6.96. The molecule has 0 atom stereocenters. The predicted octanol–water partition coefficient (Wildman–Crippen LogP) is 6.71. The number of hydrogen-bond acceptors (Lipinski definition) is 3. The molecule has 0 heterocycles. The van der Waals surface area contributed by atoms with Crippen molar-refractivity contribution in [3.63, 3.8) is 0 Å². The van der Waals surface area contributed by atoms with Crippen molar-refractivity contribution in [2.45, 2.75) is 104 Å². The minimum atomic E-state index is -0.272. The maximum absolute atomic E-state index is 11.7. The van der Waals surface area contributed by atoms with E-state index in [1.165, 1.54) is 58.3 Å². The van der Waals surface area contributed by atoms with Gasteiger partial charge in [-0.3, -0.25) is 9.59 Å². The third-order valence-corrected chi connectivity index (χ3v) is 4.31. The summed E-state index contributed by atoms with van der Waals surface area (Å²) >= 11 is 0. The zero-order valence-corrected chi connectivity index (χ0v) is 17.1. The lowest BCUT2D eigenvalue weighted by molar-refractivity contribution is -0.141. The van der Waals surface area contributed by atoms with Crippen LogP contribution in [-0.2, 0) is 14.3 Å². The van der Waals surface area contributed by atoms with E-state index in [-0.39, 0.29) is 5.97 Å². The van der Waals surface area contributed by atoms with Crippen LogP contribution in [0.15, 0.2) is 24.3 Å². The number of carbonyl (C=O) groups excluding carboxylic acids is 2. The van der Waals surface area contributed by atoms with Crippen LogP contribution in [0.1, 0.15) is 104 Å². The number of unbranched alkanes of at least 4 members (excludes halogenated alkanes) is 8. The highest BCUT2D eigenvalue weighted by molar-refractivity contribution is 5.78. The summed E-state index contributed by atoms with van der Waals surface area (Å²) in [5.74, 6) is 0.0222. The van der Waals surface area contributed by atoms with E-state index in [0.29, 0.717) is 31.7 Å². The van der Waals surface area contributed by atoms with E-state index < -0.39 is 0 Å². The van der Waals surface area contributed by atoms with E-state index in [1.54, 1.807) is 0 Å². The Hall–Kier alpha value is -1.38. The summed E-state index contributed by atoms with van der Waals surface area (Å²) in [5.41, 5.74) is 0. The van der Waals surface area contributed by atoms with Gasteiger partial charge in [-0.15, -0.1) is 0 Å². The fraction of sp³-hybridized carbons (Fsp3) is 0.739. The molecular formula is C23H40O3. The molecule has 0 saturated carbocycles. The molecule has 0 aromatic carbocycles. The van der Waals surface area contributed by atoms with Gasteiger partial charge in [0, 0.05) is 19.8 Å². The Morgan fingerprint density at radius 3 is 1.96 bits per heavy atom. The normalized spacial score (nSPS) is 11.5. The van der Waals surface area contributed by atoms with Gasteiger partial charge in [-0.25, -0.2) is 0 Å². The average Bonchev–Trinajstić information content (AvgIpc) is 2.62. The van der Waals surface area contributed by atoms with Crippen LogP contribution in [0.3, 0.4) is 0 Å². The summed E-state index contributed by atoms with van der Waals surface area (Å²) < 4.78 is 4.82. The Labute approximate surface area is 161 Å². The van der Waals surface area contributed by atoms with Crippen LogP contribution in [-0.4, -0.2) is 18.4 Å². The van der Waals surface area contributed by atoms with E-state index in [9.17, 15) is 9.59 Å². The van der Waals surface area contributed by atoms with Gasteiger partial charge in [0.05, 0.1) is 6.61 Å². The van der Waals surface area contributed by atoms with E-state index in [2.05, 4.69) is 31.2 Å². The molecule has 0 saturated heterocycles. The zero-order valence-electron chi connectivity index (χ0n) is 17.1. The SMILES string of the molecule is CCCCC/C=C\C/C=C\CCCCCCCC(=O)CCCOC(C)=O. The standard InChI is InChI=1S/C23H40O3/c1-3-4-5-6-7-8-9-10-11-12-13-14-15-16-17-19-23(25)20-18-21-26-22(2)24/h7-8,10-11H,3-6,9,12-21H2,1-2H3/b8-7-,11-10-. The van der Waals surface area contributed by atoms with Gasteiger partial charge in [0.1, 0.15) is 5.78 Å². The molecule has 0 unspecified atom stereocenters. The summed E-state index contributed by atoms with van der Waals surface area (Å²) in [7, 11) is 0. The molecular weight excluding hydrogens is 324 g/mol. The molecule has 3 nitrogen and oxygen atoms in total. The van der Waals surface area contributed by atoms with Crippen molar-refractivity contribution in [1.29, 1.82) is 0 Å². The first kappa shape index (κ1) is 24.6. The smallest absolute Gasteiger partial charge is 0.302 e. The molecule has 3 heteroatoms. The summed E-state index contributed by atoms with van der Waals surface area (Å²) in [4.78, 5) is 22.3. The number of hydrogen-bond donors (Lipinski definition) is 0. The summed E-state index contributed by atoms with van der Waals surface area (Å²) in [5, 5.41) is 0. The van der Waals surface area contributed by atoms with Crippen LogP contribution >= 0.6 is 0 Å². The number of esters is 1. The van der Waals surface area contributed by atoms with Crippen molar-refractivity contribution < 1.29 is 14.3 Å². The largest absolute Gasteiger partial charge is 0.466 e. The lowest BCUT2D eigenvalue weighted by Gasteiger charge is -2.02. The maximum atomic E-state index is 11.7. The highest BCUT2D eigenvalue weighted by atomic mass is 16.5. The highest BCUT2D eigenvalue weighted by Crippen LogP contribution is 2.09. The van der Waals surface area contributed by atoms with E-state index in [4.69, 9.17) is 4.74 Å². The average molecular weight is 365 g/mol. The fourth-order valence-corrected chi connectivity index (χ4v) is 2.74. The van der Waals surface area contributed by atoms with Crippen molar-refractivity contribution in [3.05, 3.63) is 24.3 Å². The third kappa shape index (κ3) is 20.7. The predicted molar refractivity (Wildman–Crippen MR) is 110 cm³/mol. The number of ether oxygens (including phenoxy) is 1. The maximum Gasteiger partial charge on any atom is 0.302 e. The lowest BCUT2D eigenvalue weighted by atomic mass is 10.1. The topological polar surface area (TPSA) is 43.4 Å². The molecule has 0 amide bonds. The molecule has 0 aliphatic rings. The van der Waals surface area contributed by atoms with Crippen LogP contribution < -0.4 is 0 Å². The van der Waals surface area contributed by atoms with Gasteiger partial charge < -0.3 is 4.74 Å². The van der Waals surface area contributed by atoms with Gasteiger partial charge in [-0.05, 0) is 44.9 Å². The molecule has 0 spiro atoms. The Balaban J connectivity index is 3.29. The van der Waals surface area contributed by atoms with Gasteiger partial charge in [0.15, 0.2) is 0 Å². The van der Waals surface area contributed by atoms with E-state index in [1.807, 2.05) is 0 Å². The minimum absolute atomic E-state index is 0.272. The number of carbonyl (C=O) groups is 2. The first-order chi connectivity index (χ1) is 12.7. The molecule has 0 rings (SSSR count). The van der Waals surface area contributed by atoms with Gasteiger partial charge in [0.2, 0.25) is 0 Å². The molecule has 26 heavy (non-hydrogen) atoms. The quantitative estimate of drug-likeness (QED) is 0.154. The Kier molecular flexibility index (Phi) is 18.9. The van der Waals surface area contributed by atoms with Gasteiger partial charge in [-0.1, -0.05) is 63.3 Å². The molecule has 0 aliphatic carbocycles. The van der Waals surface area contributed by atoms with E-state index in [0.717, 1.165) is 19.3 Å². The second-order valence-corrected chi connectivity index (χ2v) is 6.96. The van der Waals surface area contributed by atoms with Crippen molar-refractivity contribution in [2.75, 3.05) is 6.61 Å². The monoisotopic (exact) mass is 364 g/mol. The number of ketones is 1. The highest BCUT2D eigenvalue weighted by Gasteiger charge is 2.02. The Bertz CT molecular complexity index is 396. The van der Waals surface area contributed by atoms with Crippen LogP contribution in [0.5, 0.6) is 0 Å². The first-order valence-corrected chi connectivity index (χ1v) is 10.6. The van der Waals surface area contributed by atoms with Gasteiger partial charge in [0.25, 0.3) is 0 Å². The molecule has 150 valence electrons. The molecule has 0 radical (unpaired) electrons. The number of rotatable bonds is 18. The first-order valence-electron chi connectivity index (χ1n) is 10.6. The van der Waals surface area contributed by atoms with E-state index >= 15 is 0 Å². The van der Waals surface area contributed by atoms with Crippen molar-refractivity contribution in [3.8, 4) is 0 Å². The Morgan fingerprint density at radius 2 is 1.31 bits per heavy atom. The van der Waals surface area contributed by atoms with Crippen LogP contribution in [0.2, 0.25) is 0 Å². The van der Waals surface area contributed by atoms with Crippen molar-refractivity contribution in [2.24, 2.45) is 0 Å². The molecule has 0 aromatic rings. The van der Waals surface area contributed by atoms with Gasteiger partial charge in [-0.2, -0.15) is 0 Å². The summed E-state index contributed by atoms with van der Waals surface area (Å²) in [6.07, 6.45) is 24.2. The molecule has 0 aliphatic heterocycles. The minimum Gasteiger partial charge on any atom is -0.466 e. The molecule has 0 fully saturated rings. The van der Waals surface area contributed by atoms with Gasteiger partial charge >= 0.3 is 5.97 Å². The Morgan fingerprint density at radius 1 is 0.731 bits per heavy atom. The summed E-state index contributed by atoms with van der Waals surface area (Å²) in [6.45, 7) is 4.00. The summed E-state index contributed by atoms with van der Waals surface area (Å²) in [6, 6.07) is 0. The van der Waals surface area contributed by atoms with Crippen molar-refractivity contribution in [1.82, 2.24) is 0 Å². The van der Waals surface area contributed by atoms with Crippen molar-refractivity contribution >= 4 is 11.8 Å². The number of allylic oxidation sites excluding steroid dienone is 4. The second kappa shape index (κ2) is 19.9. The van der Waals surface area contributed by atoms with Crippen LogP contribution in [0.4, 0.5) is 0 Å².